The number of nitrogens with one attached hydrogen (secondary N) is 2. The number of fused-ring (bicyclic) bond motifs is 1. The molecule has 0 aliphatic carbocycles. The van der Waals surface area contributed by atoms with Crippen LogP contribution in [0.1, 0.15) is 21.1 Å². The van der Waals surface area contributed by atoms with Crippen LogP contribution in [0.25, 0.3) is 0 Å². The van der Waals surface area contributed by atoms with Crippen molar-refractivity contribution in [2.45, 2.75) is 32.9 Å². The number of benzene rings is 1. The first-order valence-electron chi connectivity index (χ1n) is 7.77. The number of hydrogen-bond donors (Lipinski definition) is 2. The summed E-state index contributed by atoms with van der Waals surface area (Å²) in [6.07, 6.45) is 1.08. The van der Waals surface area contributed by atoms with E-state index in [0.717, 1.165) is 35.4 Å². The summed E-state index contributed by atoms with van der Waals surface area (Å²) in [7, 11) is 1.78. The average molecular weight is 458 g/mol. The van der Waals surface area contributed by atoms with Crippen molar-refractivity contribution in [3.63, 3.8) is 0 Å². The van der Waals surface area contributed by atoms with E-state index in [0.29, 0.717) is 6.54 Å². The third-order valence-corrected chi connectivity index (χ3v) is 4.99. The fourth-order valence-corrected chi connectivity index (χ4v) is 3.45. The maximum absolute atomic E-state index is 5.93. The van der Waals surface area contributed by atoms with E-state index < -0.39 is 0 Å². The highest BCUT2D eigenvalue weighted by atomic mass is 127. The number of nitrogens with zero attached hydrogens (tertiary/aromatic N) is 2. The SMILES string of the molecule is CN=C(NCc1nc(C)c(C)s1)NCC1Cc2ccccc2O1.I. The maximum Gasteiger partial charge on any atom is 0.191 e. The van der Waals surface area contributed by atoms with Gasteiger partial charge in [-0.3, -0.25) is 4.99 Å². The molecule has 1 aromatic heterocycles. The number of hydrogen-bond acceptors (Lipinski definition) is 4. The van der Waals surface area contributed by atoms with Crippen LogP contribution in [0.3, 0.4) is 0 Å². The molecule has 1 aliphatic heterocycles. The van der Waals surface area contributed by atoms with Crippen molar-refractivity contribution in [2.24, 2.45) is 4.99 Å². The fraction of sp³-hybridized carbons (Fsp3) is 0.412. The first-order chi connectivity index (χ1) is 11.2. The van der Waals surface area contributed by atoms with Crippen molar-refractivity contribution in [3.05, 3.63) is 45.4 Å². The quantitative estimate of drug-likeness (QED) is 0.420. The molecule has 130 valence electrons. The lowest BCUT2D eigenvalue weighted by Crippen LogP contribution is -2.41. The van der Waals surface area contributed by atoms with Gasteiger partial charge in [0.2, 0.25) is 0 Å². The molecule has 0 fully saturated rings. The van der Waals surface area contributed by atoms with E-state index in [-0.39, 0.29) is 30.1 Å². The summed E-state index contributed by atoms with van der Waals surface area (Å²) in [5.74, 6) is 1.77. The van der Waals surface area contributed by atoms with Gasteiger partial charge in [-0.05, 0) is 25.5 Å². The third-order valence-electron chi connectivity index (χ3n) is 3.91. The Morgan fingerprint density at radius 3 is 2.79 bits per heavy atom. The molecule has 0 spiro atoms. The Labute approximate surface area is 164 Å². The molecule has 24 heavy (non-hydrogen) atoms. The van der Waals surface area contributed by atoms with E-state index in [2.05, 4.69) is 39.7 Å². The Hall–Kier alpha value is -1.35. The second-order valence-corrected chi connectivity index (χ2v) is 6.90. The number of aryl methyl sites for hydroxylation is 2. The second-order valence-electron chi connectivity index (χ2n) is 5.61. The van der Waals surface area contributed by atoms with Gasteiger partial charge in [-0.2, -0.15) is 0 Å². The number of rotatable bonds is 4. The highest BCUT2D eigenvalue weighted by Crippen LogP contribution is 2.27. The van der Waals surface area contributed by atoms with Crippen LogP contribution in [-0.2, 0) is 13.0 Å². The monoisotopic (exact) mass is 458 g/mol. The summed E-state index contributed by atoms with van der Waals surface area (Å²) in [5.41, 5.74) is 2.38. The molecule has 2 aromatic rings. The Kier molecular flexibility index (Phi) is 6.85. The molecule has 0 radical (unpaired) electrons. The fourth-order valence-electron chi connectivity index (χ4n) is 2.57. The van der Waals surface area contributed by atoms with Gasteiger partial charge >= 0.3 is 0 Å². The molecular formula is C17H23IN4OS. The van der Waals surface area contributed by atoms with Crippen LogP contribution >= 0.6 is 35.3 Å². The van der Waals surface area contributed by atoms with Crippen LogP contribution in [0.2, 0.25) is 0 Å². The topological polar surface area (TPSA) is 58.5 Å². The Morgan fingerprint density at radius 2 is 2.12 bits per heavy atom. The lowest BCUT2D eigenvalue weighted by atomic mass is 10.1. The van der Waals surface area contributed by atoms with Crippen molar-refractivity contribution in [3.8, 4) is 5.75 Å². The zero-order valence-electron chi connectivity index (χ0n) is 14.1. The summed E-state index contributed by atoms with van der Waals surface area (Å²) in [6.45, 7) is 5.55. The normalized spacial score (nSPS) is 16.1. The minimum atomic E-state index is 0. The lowest BCUT2D eigenvalue weighted by Gasteiger charge is -2.15. The zero-order chi connectivity index (χ0) is 16.2. The van der Waals surface area contributed by atoms with Gasteiger partial charge in [0.1, 0.15) is 16.9 Å². The molecule has 1 aromatic carbocycles. The predicted octanol–water partition coefficient (Wildman–Crippen LogP) is 3.05. The molecule has 2 heterocycles. The van der Waals surface area contributed by atoms with Crippen LogP contribution < -0.4 is 15.4 Å². The molecular weight excluding hydrogens is 435 g/mol. The molecule has 1 atom stereocenters. The van der Waals surface area contributed by atoms with Crippen molar-refractivity contribution >= 4 is 41.3 Å². The summed E-state index contributed by atoms with van der Waals surface area (Å²) in [4.78, 5) is 10.1. The van der Waals surface area contributed by atoms with Gasteiger partial charge in [-0.15, -0.1) is 35.3 Å². The molecule has 1 aliphatic rings. The number of thiazole rings is 1. The van der Waals surface area contributed by atoms with Crippen LogP contribution in [0.4, 0.5) is 0 Å². The molecule has 0 saturated heterocycles. The highest BCUT2D eigenvalue weighted by molar-refractivity contribution is 14.0. The van der Waals surface area contributed by atoms with Crippen molar-refractivity contribution < 1.29 is 4.74 Å². The Morgan fingerprint density at radius 1 is 1.33 bits per heavy atom. The van der Waals surface area contributed by atoms with E-state index in [1.807, 2.05) is 19.1 Å². The number of aliphatic imine (C=N–C) groups is 1. The van der Waals surface area contributed by atoms with Gasteiger partial charge < -0.3 is 15.4 Å². The number of aromatic nitrogens is 1. The molecule has 3 rings (SSSR count). The van der Waals surface area contributed by atoms with Gasteiger partial charge in [0.15, 0.2) is 5.96 Å². The van der Waals surface area contributed by atoms with E-state index >= 15 is 0 Å². The average Bonchev–Trinajstić information content (AvgIpc) is 3.10. The third kappa shape index (κ3) is 4.60. The van der Waals surface area contributed by atoms with Crippen LogP contribution in [0.5, 0.6) is 5.75 Å². The summed E-state index contributed by atoms with van der Waals surface area (Å²) in [6, 6.07) is 8.20. The number of guanidine groups is 1. The highest BCUT2D eigenvalue weighted by Gasteiger charge is 2.22. The smallest absolute Gasteiger partial charge is 0.191 e. The van der Waals surface area contributed by atoms with E-state index in [1.54, 1.807) is 18.4 Å². The van der Waals surface area contributed by atoms with Crippen LogP contribution in [-0.4, -0.2) is 30.6 Å². The first kappa shape index (κ1) is 19.0. The van der Waals surface area contributed by atoms with Gasteiger partial charge in [0, 0.05) is 18.3 Å². The number of para-hydroxylation sites is 1. The van der Waals surface area contributed by atoms with Crippen LogP contribution in [0, 0.1) is 13.8 Å². The van der Waals surface area contributed by atoms with Crippen molar-refractivity contribution in [1.29, 1.82) is 0 Å². The second kappa shape index (κ2) is 8.66. The van der Waals surface area contributed by atoms with E-state index in [1.165, 1.54) is 10.4 Å². The predicted molar refractivity (Wildman–Crippen MR) is 110 cm³/mol. The van der Waals surface area contributed by atoms with Crippen molar-refractivity contribution in [1.82, 2.24) is 15.6 Å². The first-order valence-corrected chi connectivity index (χ1v) is 8.59. The summed E-state index contributed by atoms with van der Waals surface area (Å²) in [5, 5.41) is 7.71. The van der Waals surface area contributed by atoms with E-state index in [9.17, 15) is 0 Å². The number of halogens is 1. The number of ether oxygens (including phenoxy) is 1. The van der Waals surface area contributed by atoms with Gasteiger partial charge in [0.05, 0.1) is 18.8 Å². The summed E-state index contributed by atoms with van der Waals surface area (Å²) < 4.78 is 5.93. The minimum Gasteiger partial charge on any atom is -0.488 e. The lowest BCUT2D eigenvalue weighted by molar-refractivity contribution is 0.235. The largest absolute Gasteiger partial charge is 0.488 e. The van der Waals surface area contributed by atoms with Crippen molar-refractivity contribution in [2.75, 3.05) is 13.6 Å². The molecule has 0 bridgehead atoms. The molecule has 5 nitrogen and oxygen atoms in total. The Balaban J connectivity index is 0.00000208. The minimum absolute atomic E-state index is 0. The molecule has 1 unspecified atom stereocenters. The molecule has 0 amide bonds. The zero-order valence-corrected chi connectivity index (χ0v) is 17.3. The van der Waals surface area contributed by atoms with E-state index in [4.69, 9.17) is 4.74 Å². The molecule has 2 N–H and O–H groups in total. The van der Waals surface area contributed by atoms with Crippen LogP contribution in [0.15, 0.2) is 29.3 Å². The summed E-state index contributed by atoms with van der Waals surface area (Å²) >= 11 is 1.72. The standard InChI is InChI=1S/C17H22N4OS.HI/c1-11-12(2)23-16(21-11)10-20-17(18-3)19-9-14-8-13-6-4-5-7-15(13)22-14;/h4-7,14H,8-10H2,1-3H3,(H2,18,19,20);1H. The molecule has 0 saturated carbocycles. The maximum atomic E-state index is 5.93. The Bertz CT molecular complexity index is 672. The van der Waals surface area contributed by atoms with Gasteiger partial charge in [0.25, 0.3) is 0 Å². The molecule has 7 heteroatoms. The van der Waals surface area contributed by atoms with Gasteiger partial charge in [-0.1, -0.05) is 18.2 Å². The van der Waals surface area contributed by atoms with Gasteiger partial charge in [-0.25, -0.2) is 4.98 Å².